The summed E-state index contributed by atoms with van der Waals surface area (Å²) in [7, 11) is 1.92. The first-order valence-corrected chi connectivity index (χ1v) is 8.92. The molecular weight excluding hydrogens is 350 g/mol. The molecule has 0 saturated heterocycles. The van der Waals surface area contributed by atoms with Gasteiger partial charge < -0.3 is 10.4 Å². The molecule has 3 aromatic carbocycles. The molecule has 0 saturated carbocycles. The number of aryl methyl sites for hydroxylation is 1. The van der Waals surface area contributed by atoms with Gasteiger partial charge in [-0.1, -0.05) is 30.3 Å². The van der Waals surface area contributed by atoms with E-state index >= 15 is 0 Å². The summed E-state index contributed by atoms with van der Waals surface area (Å²) >= 11 is 0. The van der Waals surface area contributed by atoms with Gasteiger partial charge in [0.1, 0.15) is 11.6 Å². The molecule has 5 aromatic rings. The molecule has 0 aliphatic carbocycles. The van der Waals surface area contributed by atoms with Crippen molar-refractivity contribution in [1.29, 1.82) is 0 Å². The van der Waals surface area contributed by atoms with E-state index < -0.39 is 0 Å². The summed E-state index contributed by atoms with van der Waals surface area (Å²) in [5, 5.41) is 19.4. The van der Waals surface area contributed by atoms with Crippen LogP contribution in [0.2, 0.25) is 0 Å². The topological polar surface area (TPSA) is 75.9 Å². The molecule has 136 valence electrons. The third-order valence-corrected chi connectivity index (χ3v) is 4.72. The van der Waals surface area contributed by atoms with Gasteiger partial charge in [0.15, 0.2) is 5.82 Å². The molecule has 0 atom stereocenters. The molecule has 0 bridgehead atoms. The van der Waals surface area contributed by atoms with Gasteiger partial charge in [-0.3, -0.25) is 4.68 Å². The van der Waals surface area contributed by atoms with E-state index in [1.807, 2.05) is 66.5 Å². The van der Waals surface area contributed by atoms with Crippen LogP contribution in [0.1, 0.15) is 0 Å². The predicted octanol–water partition coefficient (Wildman–Crippen LogP) is 4.63. The largest absolute Gasteiger partial charge is 0.508 e. The zero-order valence-corrected chi connectivity index (χ0v) is 15.2. The third kappa shape index (κ3) is 2.81. The number of phenols is 1. The van der Waals surface area contributed by atoms with Crippen LogP contribution < -0.4 is 5.32 Å². The molecule has 28 heavy (non-hydrogen) atoms. The molecule has 0 aliphatic heterocycles. The molecule has 0 aliphatic rings. The summed E-state index contributed by atoms with van der Waals surface area (Å²) in [6, 6.07) is 21.0. The van der Waals surface area contributed by atoms with Crippen LogP contribution in [-0.2, 0) is 7.05 Å². The first-order chi connectivity index (χ1) is 13.7. The van der Waals surface area contributed by atoms with E-state index in [2.05, 4.69) is 15.4 Å². The lowest BCUT2D eigenvalue weighted by molar-refractivity contribution is 0.476. The van der Waals surface area contributed by atoms with Crippen LogP contribution in [0, 0.1) is 0 Å². The smallest absolute Gasteiger partial charge is 0.162 e. The molecule has 6 heteroatoms. The van der Waals surface area contributed by atoms with E-state index in [4.69, 9.17) is 4.98 Å². The number of phenolic OH excluding ortho intramolecular Hbond substituents is 1. The monoisotopic (exact) mass is 367 g/mol. The van der Waals surface area contributed by atoms with Crippen molar-refractivity contribution in [3.05, 3.63) is 72.9 Å². The van der Waals surface area contributed by atoms with Gasteiger partial charge in [-0.2, -0.15) is 5.10 Å². The van der Waals surface area contributed by atoms with Crippen LogP contribution >= 0.6 is 0 Å². The van der Waals surface area contributed by atoms with Gasteiger partial charge in [-0.15, -0.1) is 0 Å². The van der Waals surface area contributed by atoms with Crippen molar-refractivity contribution in [2.45, 2.75) is 0 Å². The highest BCUT2D eigenvalue weighted by molar-refractivity contribution is 5.94. The maximum absolute atomic E-state index is 9.96. The van der Waals surface area contributed by atoms with Gasteiger partial charge in [0.2, 0.25) is 0 Å². The molecule has 0 unspecified atom stereocenters. The molecule has 2 heterocycles. The Kier molecular flexibility index (Phi) is 3.69. The molecule has 0 radical (unpaired) electrons. The lowest BCUT2D eigenvalue weighted by atomic mass is 10.1. The summed E-state index contributed by atoms with van der Waals surface area (Å²) in [5.74, 6) is 1.45. The fourth-order valence-electron chi connectivity index (χ4n) is 3.31. The molecule has 6 nitrogen and oxygen atoms in total. The number of fused-ring (bicyclic) bond motifs is 2. The average Bonchev–Trinajstić information content (AvgIpc) is 3.09. The van der Waals surface area contributed by atoms with Gasteiger partial charge in [0.05, 0.1) is 17.2 Å². The maximum atomic E-state index is 9.96. The molecule has 0 spiro atoms. The predicted molar refractivity (Wildman–Crippen MR) is 111 cm³/mol. The molecule has 2 aromatic heterocycles. The number of rotatable bonds is 3. The molecule has 0 fully saturated rings. The highest BCUT2D eigenvalue weighted by Gasteiger charge is 2.11. The van der Waals surface area contributed by atoms with Crippen LogP contribution in [-0.4, -0.2) is 24.9 Å². The lowest BCUT2D eigenvalue weighted by Crippen LogP contribution is -1.99. The van der Waals surface area contributed by atoms with E-state index in [0.29, 0.717) is 11.6 Å². The van der Waals surface area contributed by atoms with E-state index in [0.717, 1.165) is 33.1 Å². The minimum atomic E-state index is 0.175. The van der Waals surface area contributed by atoms with Crippen LogP contribution in [0.15, 0.2) is 72.9 Å². The summed E-state index contributed by atoms with van der Waals surface area (Å²) in [6.45, 7) is 0. The van der Waals surface area contributed by atoms with Crippen molar-refractivity contribution in [3.63, 3.8) is 0 Å². The Morgan fingerprint density at radius 1 is 0.929 bits per heavy atom. The number of hydrogen-bond donors (Lipinski definition) is 2. The van der Waals surface area contributed by atoms with Gasteiger partial charge in [0, 0.05) is 29.1 Å². The van der Waals surface area contributed by atoms with Gasteiger partial charge >= 0.3 is 0 Å². The Labute approximate surface area is 161 Å². The number of nitrogens with zero attached hydrogens (tertiary/aromatic N) is 4. The Balaban J connectivity index is 1.66. The van der Waals surface area contributed by atoms with Crippen molar-refractivity contribution in [1.82, 2.24) is 19.7 Å². The summed E-state index contributed by atoms with van der Waals surface area (Å²) in [6.07, 6.45) is 1.83. The highest BCUT2D eigenvalue weighted by atomic mass is 16.3. The van der Waals surface area contributed by atoms with E-state index in [-0.39, 0.29) is 5.75 Å². The summed E-state index contributed by atoms with van der Waals surface area (Å²) < 4.78 is 1.84. The normalized spacial score (nSPS) is 11.2. The second-order valence-corrected chi connectivity index (χ2v) is 6.63. The lowest BCUT2D eigenvalue weighted by Gasteiger charge is -2.12. The quantitative estimate of drug-likeness (QED) is 0.486. The van der Waals surface area contributed by atoms with Crippen molar-refractivity contribution in [2.24, 2.45) is 7.05 Å². The zero-order valence-electron chi connectivity index (χ0n) is 15.2. The molecule has 0 amide bonds. The zero-order chi connectivity index (χ0) is 19.1. The first-order valence-electron chi connectivity index (χ1n) is 8.92. The van der Waals surface area contributed by atoms with Crippen LogP contribution in [0.4, 0.5) is 11.5 Å². The Hall–Kier alpha value is -3.93. The molecule has 2 N–H and O–H groups in total. The number of anilines is 2. The van der Waals surface area contributed by atoms with Crippen molar-refractivity contribution >= 4 is 33.3 Å². The second-order valence-electron chi connectivity index (χ2n) is 6.63. The number of hydrogen-bond acceptors (Lipinski definition) is 5. The Morgan fingerprint density at radius 2 is 1.79 bits per heavy atom. The minimum absolute atomic E-state index is 0.175. The third-order valence-electron chi connectivity index (χ3n) is 4.72. The van der Waals surface area contributed by atoms with Gasteiger partial charge in [-0.05, 0) is 36.4 Å². The van der Waals surface area contributed by atoms with Gasteiger partial charge in [0.25, 0.3) is 0 Å². The van der Waals surface area contributed by atoms with Gasteiger partial charge in [-0.25, -0.2) is 9.97 Å². The maximum Gasteiger partial charge on any atom is 0.162 e. The fraction of sp³-hybridized carbons (Fsp3) is 0.0455. The Morgan fingerprint density at radius 3 is 2.64 bits per heavy atom. The van der Waals surface area contributed by atoms with E-state index in [1.165, 1.54) is 0 Å². The minimum Gasteiger partial charge on any atom is -0.508 e. The van der Waals surface area contributed by atoms with Crippen molar-refractivity contribution in [3.8, 4) is 17.1 Å². The number of benzene rings is 3. The fourth-order valence-corrected chi connectivity index (χ4v) is 3.31. The SMILES string of the molecule is Cn1ncc2cc(Nc3nc(-c4ccccc4)nc4ccc(O)cc34)ccc21. The summed E-state index contributed by atoms with van der Waals surface area (Å²) in [5.41, 5.74) is 3.64. The number of aromatic nitrogens is 4. The van der Waals surface area contributed by atoms with Crippen LogP contribution in [0.3, 0.4) is 0 Å². The molecule has 5 rings (SSSR count). The second kappa shape index (κ2) is 6.35. The van der Waals surface area contributed by atoms with Crippen molar-refractivity contribution < 1.29 is 5.11 Å². The van der Waals surface area contributed by atoms with Crippen molar-refractivity contribution in [2.75, 3.05) is 5.32 Å². The molecular formula is C22H17N5O. The average molecular weight is 367 g/mol. The van der Waals surface area contributed by atoms with E-state index in [1.54, 1.807) is 18.2 Å². The first kappa shape index (κ1) is 16.3. The number of nitrogens with one attached hydrogen (secondary N) is 1. The number of aromatic hydroxyl groups is 1. The standard InChI is InChI=1S/C22H17N5O/c1-27-20-10-7-16(11-15(20)13-23-27)24-22-18-12-17(28)8-9-19(18)25-21(26-22)14-5-3-2-4-6-14/h2-13,28H,1H3,(H,24,25,26). The van der Waals surface area contributed by atoms with Crippen LogP contribution in [0.5, 0.6) is 5.75 Å². The Bertz CT molecular complexity index is 1310. The van der Waals surface area contributed by atoms with Crippen LogP contribution in [0.25, 0.3) is 33.2 Å². The van der Waals surface area contributed by atoms with E-state index in [9.17, 15) is 5.11 Å². The summed E-state index contributed by atoms with van der Waals surface area (Å²) in [4.78, 5) is 9.41. The highest BCUT2D eigenvalue weighted by Crippen LogP contribution is 2.30.